The van der Waals surface area contributed by atoms with E-state index in [2.05, 4.69) is 0 Å². The molecule has 3 saturated heterocycles. The first-order valence-electron chi connectivity index (χ1n) is 11.0. The Balaban J connectivity index is 1.79. The minimum absolute atomic E-state index is 0.716. The van der Waals surface area contributed by atoms with E-state index in [0.29, 0.717) is 0 Å². The lowest BCUT2D eigenvalue weighted by Gasteiger charge is -2.48. The Morgan fingerprint density at radius 3 is 1.29 bits per heavy atom. The molecule has 16 nitrogen and oxygen atoms in total. The Labute approximate surface area is 199 Å². The molecule has 206 valence electrons. The van der Waals surface area contributed by atoms with E-state index in [9.17, 15) is 51.1 Å². The predicted octanol–water partition coefficient (Wildman–Crippen LogP) is -6.92. The summed E-state index contributed by atoms with van der Waals surface area (Å²) in [6, 6.07) is 0. The maximum Gasteiger partial charge on any atom is 0.187 e. The van der Waals surface area contributed by atoms with Crippen LogP contribution in [0.15, 0.2) is 0 Å². The predicted molar refractivity (Wildman–Crippen MR) is 106 cm³/mol. The molecule has 0 spiro atoms. The van der Waals surface area contributed by atoms with Crippen LogP contribution in [-0.4, -0.2) is 170 Å². The van der Waals surface area contributed by atoms with Gasteiger partial charge in [-0.25, -0.2) is 0 Å². The van der Waals surface area contributed by atoms with Gasteiger partial charge in [-0.3, -0.25) is 0 Å². The minimum atomic E-state index is -1.82. The van der Waals surface area contributed by atoms with Gasteiger partial charge in [0.1, 0.15) is 73.2 Å². The summed E-state index contributed by atoms with van der Waals surface area (Å²) in [5, 5.41) is 99.9. The second-order valence-electron chi connectivity index (χ2n) is 8.55. The molecular weight excluding hydrogens is 484 g/mol. The van der Waals surface area contributed by atoms with Crippen LogP contribution in [0.2, 0.25) is 0 Å². The number of methoxy groups -OCH3 is 1. The molecule has 0 unspecified atom stereocenters. The molecule has 3 rings (SSSR count). The molecule has 3 aliphatic heterocycles. The Hall–Kier alpha value is -0.640. The average molecular weight is 518 g/mol. The standard InChI is InChI=1S/C19H34O16/c1-30-19-16(35-18-13(28)11(26)9(24)6(3-21)32-18)14(29)15(7(4-22)33-19)34-17-12(27)10(25)8(23)5(2-20)31-17/h5-29H,2-4H2,1H3/t5-,6+,7+,8-,9+,10+,11-,12-,13+,14-,15+,16+,17+,18-,19+/m0/s1. The monoisotopic (exact) mass is 518 g/mol. The number of aliphatic hydroxyl groups excluding tert-OH is 10. The summed E-state index contributed by atoms with van der Waals surface area (Å²) in [6.07, 6.45) is -23.8. The third-order valence-electron chi connectivity index (χ3n) is 6.31. The van der Waals surface area contributed by atoms with Gasteiger partial charge in [-0.2, -0.15) is 0 Å². The molecule has 0 aliphatic carbocycles. The van der Waals surface area contributed by atoms with Gasteiger partial charge in [0.05, 0.1) is 19.8 Å². The molecule has 0 bridgehead atoms. The molecule has 0 aromatic carbocycles. The van der Waals surface area contributed by atoms with Crippen LogP contribution in [0.25, 0.3) is 0 Å². The first-order valence-corrected chi connectivity index (χ1v) is 11.0. The van der Waals surface area contributed by atoms with E-state index in [1.54, 1.807) is 0 Å². The zero-order chi connectivity index (χ0) is 26.0. The number of rotatable bonds is 8. The van der Waals surface area contributed by atoms with Crippen molar-refractivity contribution in [2.45, 2.75) is 92.1 Å². The first kappa shape index (κ1) is 28.9. The summed E-state index contributed by atoms with van der Waals surface area (Å²) in [7, 11) is 1.19. The molecule has 0 amide bonds. The average Bonchev–Trinajstić information content (AvgIpc) is 2.86. The lowest BCUT2D eigenvalue weighted by molar-refractivity contribution is -0.385. The van der Waals surface area contributed by atoms with Gasteiger partial charge in [-0.1, -0.05) is 0 Å². The lowest BCUT2D eigenvalue weighted by Crippen LogP contribution is -2.66. The maximum atomic E-state index is 11.0. The molecule has 0 aromatic rings. The molecule has 0 saturated carbocycles. The van der Waals surface area contributed by atoms with Gasteiger partial charge < -0.3 is 79.5 Å². The van der Waals surface area contributed by atoms with Gasteiger partial charge in [-0.05, 0) is 0 Å². The van der Waals surface area contributed by atoms with Crippen LogP contribution < -0.4 is 0 Å². The first-order chi connectivity index (χ1) is 16.6. The van der Waals surface area contributed by atoms with Gasteiger partial charge in [0.2, 0.25) is 0 Å². The number of ether oxygens (including phenoxy) is 6. The second-order valence-corrected chi connectivity index (χ2v) is 8.55. The summed E-state index contributed by atoms with van der Waals surface area (Å²) < 4.78 is 32.4. The smallest absolute Gasteiger partial charge is 0.187 e. The van der Waals surface area contributed by atoms with Crippen LogP contribution in [-0.2, 0) is 28.4 Å². The van der Waals surface area contributed by atoms with E-state index >= 15 is 0 Å². The van der Waals surface area contributed by atoms with Crippen molar-refractivity contribution in [3.8, 4) is 0 Å². The summed E-state index contributed by atoms with van der Waals surface area (Å²) in [4.78, 5) is 0. The van der Waals surface area contributed by atoms with Crippen LogP contribution in [0.5, 0.6) is 0 Å². The molecule has 16 heteroatoms. The van der Waals surface area contributed by atoms with Gasteiger partial charge in [0.15, 0.2) is 18.9 Å². The van der Waals surface area contributed by atoms with Crippen molar-refractivity contribution in [2.24, 2.45) is 0 Å². The molecule has 3 fully saturated rings. The van der Waals surface area contributed by atoms with Gasteiger partial charge in [-0.15, -0.1) is 0 Å². The quantitative estimate of drug-likeness (QED) is 0.143. The molecule has 35 heavy (non-hydrogen) atoms. The third-order valence-corrected chi connectivity index (χ3v) is 6.31. The molecule has 0 radical (unpaired) electrons. The van der Waals surface area contributed by atoms with Gasteiger partial charge in [0, 0.05) is 7.11 Å². The van der Waals surface area contributed by atoms with E-state index in [0.717, 1.165) is 0 Å². The zero-order valence-corrected chi connectivity index (χ0v) is 18.7. The summed E-state index contributed by atoms with van der Waals surface area (Å²) >= 11 is 0. The SMILES string of the molecule is CO[C@@H]1O[C@H](CO)[C@@H](O[C@H]2O[C@@H](CO)[C@H](O)[C@@H](O)[C@@H]2O)[C@H](O)[C@H]1O[C@@H]1O[C@H](CO)[C@@H](O)[C@H](O)[C@H]1O. The molecule has 15 atom stereocenters. The van der Waals surface area contributed by atoms with Gasteiger partial charge >= 0.3 is 0 Å². The number of hydrogen-bond acceptors (Lipinski definition) is 16. The molecule has 3 heterocycles. The van der Waals surface area contributed by atoms with Gasteiger partial charge in [0.25, 0.3) is 0 Å². The minimum Gasteiger partial charge on any atom is -0.394 e. The van der Waals surface area contributed by atoms with Crippen LogP contribution in [0.3, 0.4) is 0 Å². The van der Waals surface area contributed by atoms with E-state index in [1.807, 2.05) is 0 Å². The van der Waals surface area contributed by atoms with E-state index in [4.69, 9.17) is 28.4 Å². The highest BCUT2D eigenvalue weighted by molar-refractivity contribution is 4.96. The van der Waals surface area contributed by atoms with Crippen LogP contribution in [0.4, 0.5) is 0 Å². The Morgan fingerprint density at radius 1 is 0.486 bits per heavy atom. The van der Waals surface area contributed by atoms with Crippen molar-refractivity contribution in [2.75, 3.05) is 26.9 Å². The summed E-state index contributed by atoms with van der Waals surface area (Å²) in [5.74, 6) is 0. The van der Waals surface area contributed by atoms with Crippen molar-refractivity contribution < 1.29 is 79.5 Å². The van der Waals surface area contributed by atoms with Crippen molar-refractivity contribution in [1.29, 1.82) is 0 Å². The maximum absolute atomic E-state index is 11.0. The fourth-order valence-corrected chi connectivity index (χ4v) is 4.21. The van der Waals surface area contributed by atoms with Crippen LogP contribution in [0, 0.1) is 0 Å². The van der Waals surface area contributed by atoms with Crippen LogP contribution >= 0.6 is 0 Å². The molecule has 3 aliphatic rings. The number of aliphatic hydroxyl groups is 10. The summed E-state index contributed by atoms with van der Waals surface area (Å²) in [6.45, 7) is -2.17. The molecular formula is C19H34O16. The second kappa shape index (κ2) is 12.3. The number of hydrogen-bond donors (Lipinski definition) is 10. The molecule has 10 N–H and O–H groups in total. The zero-order valence-electron chi connectivity index (χ0n) is 18.7. The van der Waals surface area contributed by atoms with Crippen LogP contribution in [0.1, 0.15) is 0 Å². The van der Waals surface area contributed by atoms with Crippen molar-refractivity contribution in [3.63, 3.8) is 0 Å². The Morgan fingerprint density at radius 2 is 0.886 bits per heavy atom. The largest absolute Gasteiger partial charge is 0.394 e. The van der Waals surface area contributed by atoms with E-state index < -0.39 is 112 Å². The van der Waals surface area contributed by atoms with Crippen molar-refractivity contribution in [1.82, 2.24) is 0 Å². The third kappa shape index (κ3) is 5.78. The topological polar surface area (TPSA) is 258 Å². The fourth-order valence-electron chi connectivity index (χ4n) is 4.21. The Bertz CT molecular complexity index is 600. The Kier molecular flexibility index (Phi) is 10.1. The molecule has 0 aromatic heterocycles. The van der Waals surface area contributed by atoms with Crippen molar-refractivity contribution in [3.05, 3.63) is 0 Å². The fraction of sp³-hybridized carbons (Fsp3) is 1.00. The summed E-state index contributed by atoms with van der Waals surface area (Å²) in [5.41, 5.74) is 0. The highest BCUT2D eigenvalue weighted by Crippen LogP contribution is 2.33. The highest BCUT2D eigenvalue weighted by atomic mass is 16.8. The van der Waals surface area contributed by atoms with Crippen molar-refractivity contribution >= 4 is 0 Å². The normalized spacial score (nSPS) is 51.3. The van der Waals surface area contributed by atoms with E-state index in [1.165, 1.54) is 7.11 Å². The lowest BCUT2D eigenvalue weighted by atomic mass is 9.96. The highest BCUT2D eigenvalue weighted by Gasteiger charge is 2.53. The van der Waals surface area contributed by atoms with E-state index in [-0.39, 0.29) is 0 Å².